The number of thiophene rings is 1. The largest absolute Gasteiger partial charge is 0.477 e. The first-order valence-corrected chi connectivity index (χ1v) is 10.3. The van der Waals surface area contributed by atoms with Crippen LogP contribution in [0.15, 0.2) is 30.4 Å². The smallest absolute Gasteiger partial charge is 0.345 e. The van der Waals surface area contributed by atoms with Gasteiger partial charge in [-0.05, 0) is 30.5 Å². The monoisotopic (exact) mass is 401 g/mol. The predicted octanol–water partition coefficient (Wildman–Crippen LogP) is 3.81. The van der Waals surface area contributed by atoms with Crippen molar-refractivity contribution in [3.63, 3.8) is 0 Å². The van der Waals surface area contributed by atoms with Gasteiger partial charge in [0.15, 0.2) is 0 Å². The minimum Gasteiger partial charge on any atom is -0.477 e. The molecule has 6 heteroatoms. The van der Waals surface area contributed by atoms with Crippen molar-refractivity contribution < 1.29 is 19.8 Å². The van der Waals surface area contributed by atoms with E-state index in [1.807, 2.05) is 32.1 Å². The molecule has 0 spiro atoms. The van der Waals surface area contributed by atoms with Crippen molar-refractivity contribution in [3.8, 4) is 11.8 Å². The van der Waals surface area contributed by atoms with Crippen molar-refractivity contribution in [2.45, 2.75) is 51.7 Å². The molecule has 1 aliphatic rings. The van der Waals surface area contributed by atoms with Gasteiger partial charge in [0.1, 0.15) is 4.88 Å². The van der Waals surface area contributed by atoms with Crippen molar-refractivity contribution >= 4 is 29.3 Å². The lowest BCUT2D eigenvalue weighted by Crippen LogP contribution is -2.32. The number of likely N-dealkylation sites (tertiary alicyclic amines) is 1. The van der Waals surface area contributed by atoms with E-state index in [1.165, 1.54) is 11.3 Å². The molecule has 0 aliphatic carbocycles. The third kappa shape index (κ3) is 6.36. The van der Waals surface area contributed by atoms with Gasteiger partial charge >= 0.3 is 5.97 Å². The number of carboxylic acids is 1. The van der Waals surface area contributed by atoms with Crippen LogP contribution in [0, 0.1) is 17.8 Å². The molecule has 5 nitrogen and oxygen atoms in total. The Morgan fingerprint density at radius 2 is 2.21 bits per heavy atom. The molecule has 2 unspecified atom stereocenters. The highest BCUT2D eigenvalue weighted by Crippen LogP contribution is 2.22. The second-order valence-corrected chi connectivity index (χ2v) is 7.94. The maximum atomic E-state index is 12.2. The molecule has 1 aliphatic heterocycles. The molecule has 0 bridgehead atoms. The normalized spacial score (nSPS) is 19.2. The topological polar surface area (TPSA) is 77.8 Å². The SMILES string of the molecule is CCC#CCC(C)C(O)/C=C/[C@H]1CCC(=O)N1C/C=C\c1ccc(C(=O)O)s1. The Labute approximate surface area is 170 Å². The van der Waals surface area contributed by atoms with Crippen molar-refractivity contribution in [2.75, 3.05) is 6.54 Å². The van der Waals surface area contributed by atoms with E-state index in [0.717, 1.165) is 17.7 Å². The van der Waals surface area contributed by atoms with Crippen LogP contribution in [0.4, 0.5) is 0 Å². The summed E-state index contributed by atoms with van der Waals surface area (Å²) in [7, 11) is 0. The standard InChI is InChI=1S/C22H27NO4S/c1-3-4-5-7-16(2)19(24)12-9-17-10-14-21(25)23(17)15-6-8-18-11-13-20(28-18)22(26)27/h6,8-9,11-13,16-17,19,24H,3,7,10,14-15H2,1-2H3,(H,26,27)/b8-6-,12-9+/t16?,17-,19?/m0/s1. The molecule has 0 radical (unpaired) electrons. The Balaban J connectivity index is 1.92. The fraction of sp³-hybridized carbons (Fsp3) is 0.455. The third-order valence-corrected chi connectivity index (χ3v) is 5.67. The molecule has 28 heavy (non-hydrogen) atoms. The van der Waals surface area contributed by atoms with Gasteiger partial charge in [0.05, 0.1) is 12.1 Å². The second-order valence-electron chi connectivity index (χ2n) is 6.83. The molecule has 1 aromatic heterocycles. The number of hydrogen-bond acceptors (Lipinski definition) is 4. The van der Waals surface area contributed by atoms with E-state index in [0.29, 0.717) is 24.3 Å². The number of nitrogens with zero attached hydrogens (tertiary/aromatic N) is 1. The van der Waals surface area contributed by atoms with Gasteiger partial charge in [-0.1, -0.05) is 32.1 Å². The molecule has 0 aromatic carbocycles. The maximum Gasteiger partial charge on any atom is 0.345 e. The Morgan fingerprint density at radius 1 is 1.43 bits per heavy atom. The van der Waals surface area contributed by atoms with Crippen LogP contribution in [-0.4, -0.2) is 45.7 Å². The first-order valence-electron chi connectivity index (χ1n) is 9.53. The minimum absolute atomic E-state index is 0.0290. The van der Waals surface area contributed by atoms with E-state index in [2.05, 4.69) is 11.8 Å². The summed E-state index contributed by atoms with van der Waals surface area (Å²) in [6.45, 7) is 4.42. The molecule has 3 atom stereocenters. The van der Waals surface area contributed by atoms with E-state index in [4.69, 9.17) is 5.11 Å². The van der Waals surface area contributed by atoms with Gasteiger partial charge in [0.2, 0.25) is 5.91 Å². The molecule has 2 N–H and O–H groups in total. The van der Waals surface area contributed by atoms with Crippen LogP contribution in [0.2, 0.25) is 0 Å². The van der Waals surface area contributed by atoms with Crippen molar-refractivity contribution in [1.82, 2.24) is 4.90 Å². The number of hydrogen-bond donors (Lipinski definition) is 2. The van der Waals surface area contributed by atoms with E-state index < -0.39 is 12.1 Å². The van der Waals surface area contributed by atoms with Crippen LogP contribution in [0.3, 0.4) is 0 Å². The highest BCUT2D eigenvalue weighted by atomic mass is 32.1. The molecule has 0 saturated carbocycles. The molecule has 1 saturated heterocycles. The van der Waals surface area contributed by atoms with Crippen LogP contribution in [0.25, 0.3) is 6.08 Å². The van der Waals surface area contributed by atoms with E-state index in [1.54, 1.807) is 23.1 Å². The molecule has 150 valence electrons. The zero-order chi connectivity index (χ0) is 20.5. The van der Waals surface area contributed by atoms with Crippen molar-refractivity contribution in [3.05, 3.63) is 40.1 Å². The van der Waals surface area contributed by atoms with Gasteiger partial charge in [-0.3, -0.25) is 4.79 Å². The van der Waals surface area contributed by atoms with E-state index >= 15 is 0 Å². The first-order chi connectivity index (χ1) is 13.4. The summed E-state index contributed by atoms with van der Waals surface area (Å²) in [4.78, 5) is 26.0. The number of carboxylic acid groups (broad SMARTS) is 1. The summed E-state index contributed by atoms with van der Waals surface area (Å²) in [5.74, 6) is 5.27. The number of carbonyl (C=O) groups excluding carboxylic acids is 1. The summed E-state index contributed by atoms with van der Waals surface area (Å²) in [6.07, 6.45) is 9.52. The molecular formula is C22H27NO4S. The molecule has 1 amide bonds. The summed E-state index contributed by atoms with van der Waals surface area (Å²) < 4.78 is 0. The quantitative estimate of drug-likeness (QED) is 0.513. The van der Waals surface area contributed by atoms with Gasteiger partial charge in [-0.25, -0.2) is 4.79 Å². The maximum absolute atomic E-state index is 12.2. The molecular weight excluding hydrogens is 374 g/mol. The summed E-state index contributed by atoms with van der Waals surface area (Å²) in [5, 5.41) is 19.2. The van der Waals surface area contributed by atoms with Gasteiger partial charge in [0.25, 0.3) is 0 Å². The van der Waals surface area contributed by atoms with Gasteiger partial charge in [0, 0.05) is 30.7 Å². The lowest BCUT2D eigenvalue weighted by molar-refractivity contribution is -0.127. The number of aliphatic hydroxyl groups is 1. The van der Waals surface area contributed by atoms with Crippen LogP contribution in [-0.2, 0) is 4.79 Å². The van der Waals surface area contributed by atoms with Gasteiger partial charge in [-0.2, -0.15) is 0 Å². The van der Waals surface area contributed by atoms with Crippen LogP contribution >= 0.6 is 11.3 Å². The zero-order valence-corrected chi connectivity index (χ0v) is 17.1. The Hall–Kier alpha value is -2.36. The number of amides is 1. The predicted molar refractivity (Wildman–Crippen MR) is 112 cm³/mol. The lowest BCUT2D eigenvalue weighted by Gasteiger charge is -2.21. The second kappa shape index (κ2) is 10.8. The van der Waals surface area contributed by atoms with Crippen molar-refractivity contribution in [1.29, 1.82) is 0 Å². The van der Waals surface area contributed by atoms with Gasteiger partial charge in [-0.15, -0.1) is 23.2 Å². The average Bonchev–Trinajstić information content (AvgIpc) is 3.27. The van der Waals surface area contributed by atoms with Crippen LogP contribution < -0.4 is 0 Å². The fourth-order valence-corrected chi connectivity index (χ4v) is 3.72. The Bertz CT molecular complexity index is 799. The number of aromatic carboxylic acids is 1. The summed E-state index contributed by atoms with van der Waals surface area (Å²) in [6, 6.07) is 3.30. The van der Waals surface area contributed by atoms with Crippen LogP contribution in [0.1, 0.15) is 54.1 Å². The van der Waals surface area contributed by atoms with Crippen molar-refractivity contribution in [2.24, 2.45) is 5.92 Å². The first kappa shape index (κ1) is 21.9. The van der Waals surface area contributed by atoms with E-state index in [-0.39, 0.29) is 17.9 Å². The number of carbonyl (C=O) groups is 2. The number of rotatable bonds is 8. The summed E-state index contributed by atoms with van der Waals surface area (Å²) >= 11 is 1.20. The Morgan fingerprint density at radius 3 is 2.89 bits per heavy atom. The zero-order valence-electron chi connectivity index (χ0n) is 16.3. The molecule has 2 rings (SSSR count). The Kier molecular flexibility index (Phi) is 8.49. The third-order valence-electron chi connectivity index (χ3n) is 4.64. The average molecular weight is 402 g/mol. The van der Waals surface area contributed by atoms with Crippen LogP contribution in [0.5, 0.6) is 0 Å². The highest BCUT2D eigenvalue weighted by molar-refractivity contribution is 7.14. The molecule has 2 heterocycles. The minimum atomic E-state index is -0.932. The summed E-state index contributed by atoms with van der Waals surface area (Å²) in [5.41, 5.74) is 0. The van der Waals surface area contributed by atoms with Gasteiger partial charge < -0.3 is 15.1 Å². The molecule has 1 fully saturated rings. The fourth-order valence-electron chi connectivity index (χ4n) is 2.94. The highest BCUT2D eigenvalue weighted by Gasteiger charge is 2.28. The molecule has 1 aromatic rings. The van der Waals surface area contributed by atoms with E-state index in [9.17, 15) is 14.7 Å². The number of aliphatic hydroxyl groups excluding tert-OH is 1. The lowest BCUT2D eigenvalue weighted by atomic mass is 10.00.